The van der Waals surface area contributed by atoms with Crippen LogP contribution < -0.4 is 10.2 Å². The van der Waals surface area contributed by atoms with E-state index in [1.165, 1.54) is 17.4 Å². The second-order valence-corrected chi connectivity index (χ2v) is 6.08. The first-order valence-electron chi connectivity index (χ1n) is 7.09. The Morgan fingerprint density at radius 2 is 2.17 bits per heavy atom. The molecule has 0 unspecified atom stereocenters. The molecular weight excluding hydrogens is 316 g/mol. The van der Waals surface area contributed by atoms with E-state index in [9.17, 15) is 9.59 Å². The van der Waals surface area contributed by atoms with Crippen molar-refractivity contribution in [1.82, 2.24) is 9.88 Å². The van der Waals surface area contributed by atoms with Gasteiger partial charge in [0.25, 0.3) is 11.1 Å². The van der Waals surface area contributed by atoms with Crippen molar-refractivity contribution in [3.63, 3.8) is 0 Å². The molecule has 0 saturated carbocycles. The largest absolute Gasteiger partial charge is 0.463 e. The maximum Gasteiger partial charge on any atom is 0.289 e. The number of thiazole rings is 1. The van der Waals surface area contributed by atoms with Gasteiger partial charge in [0.05, 0.1) is 18.5 Å². The number of amides is 1. The van der Waals surface area contributed by atoms with Gasteiger partial charge in [-0.3, -0.25) is 9.59 Å². The second-order valence-electron chi connectivity index (χ2n) is 5.22. The average molecular weight is 328 g/mol. The molecule has 1 aliphatic heterocycles. The van der Waals surface area contributed by atoms with E-state index in [2.05, 4.69) is 4.98 Å². The van der Waals surface area contributed by atoms with Gasteiger partial charge in [-0.05, 0) is 12.1 Å². The van der Waals surface area contributed by atoms with Crippen LogP contribution in [0.4, 0.5) is 0 Å². The fourth-order valence-electron chi connectivity index (χ4n) is 2.45. The van der Waals surface area contributed by atoms with Gasteiger partial charge in [-0.2, -0.15) is 0 Å². The summed E-state index contributed by atoms with van der Waals surface area (Å²) in [6.07, 6.45) is 1.60. The monoisotopic (exact) mass is 328 g/mol. The number of carbonyl (C=O) groups is 1. The molecule has 0 N–H and O–H groups in total. The summed E-state index contributed by atoms with van der Waals surface area (Å²) < 4.78 is 11.2. The predicted molar refractivity (Wildman–Crippen MR) is 84.9 cm³/mol. The Balaban J connectivity index is 1.49. The van der Waals surface area contributed by atoms with Crippen LogP contribution in [-0.4, -0.2) is 35.0 Å². The minimum absolute atomic E-state index is 0.0569. The third kappa shape index (κ3) is 2.59. The number of carbonyl (C=O) groups excluding carboxylic acids is 1. The predicted octanol–water partition coefficient (Wildman–Crippen LogP) is 2.15. The van der Waals surface area contributed by atoms with Crippen molar-refractivity contribution >= 4 is 28.2 Å². The van der Waals surface area contributed by atoms with Gasteiger partial charge >= 0.3 is 0 Å². The lowest BCUT2D eigenvalue weighted by atomic mass is 10.1. The highest BCUT2D eigenvalue weighted by Gasteiger charge is 2.34. The summed E-state index contributed by atoms with van der Waals surface area (Å²) in [5.74, 6) is -0.242. The minimum Gasteiger partial charge on any atom is -0.463 e. The van der Waals surface area contributed by atoms with Crippen molar-refractivity contribution in [3.05, 3.63) is 57.9 Å². The molecule has 116 valence electrons. The van der Waals surface area contributed by atoms with E-state index in [0.717, 1.165) is 0 Å². The van der Waals surface area contributed by atoms with Crippen molar-refractivity contribution in [3.8, 4) is 5.19 Å². The summed E-state index contributed by atoms with van der Waals surface area (Å²) in [5, 5.41) is 2.90. The number of ether oxygens (including phenoxy) is 1. The van der Waals surface area contributed by atoms with Crippen LogP contribution >= 0.6 is 11.3 Å². The zero-order chi connectivity index (χ0) is 15.8. The zero-order valence-corrected chi connectivity index (χ0v) is 12.8. The zero-order valence-electron chi connectivity index (χ0n) is 12.0. The van der Waals surface area contributed by atoms with Crippen molar-refractivity contribution < 1.29 is 13.9 Å². The molecule has 0 aliphatic carbocycles. The topological polar surface area (TPSA) is 72.6 Å². The van der Waals surface area contributed by atoms with Crippen LogP contribution in [0.3, 0.4) is 0 Å². The number of benzene rings is 1. The van der Waals surface area contributed by atoms with E-state index in [1.54, 1.807) is 35.4 Å². The highest BCUT2D eigenvalue weighted by atomic mass is 32.1. The number of likely N-dealkylation sites (tertiary alicyclic amines) is 1. The van der Waals surface area contributed by atoms with Crippen molar-refractivity contribution in [2.75, 3.05) is 13.1 Å². The summed E-state index contributed by atoms with van der Waals surface area (Å²) in [7, 11) is 0. The summed E-state index contributed by atoms with van der Waals surface area (Å²) in [6.45, 7) is 0.907. The quantitative estimate of drug-likeness (QED) is 0.736. The molecule has 1 aliphatic rings. The fraction of sp³-hybridized carbons (Fsp3) is 0.188. The lowest BCUT2D eigenvalue weighted by molar-refractivity contribution is 0.0155. The number of rotatable bonds is 3. The molecule has 23 heavy (non-hydrogen) atoms. The summed E-state index contributed by atoms with van der Waals surface area (Å²) >= 11 is 1.41. The number of hydrogen-bond donors (Lipinski definition) is 0. The molecule has 6 nitrogen and oxygen atoms in total. The molecular formula is C16H12N2O4S. The van der Waals surface area contributed by atoms with Gasteiger partial charge in [0, 0.05) is 17.6 Å². The Kier molecular flexibility index (Phi) is 3.34. The van der Waals surface area contributed by atoms with Crippen LogP contribution in [0.1, 0.15) is 10.6 Å². The first-order chi connectivity index (χ1) is 11.2. The van der Waals surface area contributed by atoms with Gasteiger partial charge in [-0.25, -0.2) is 4.98 Å². The number of hydrogen-bond acceptors (Lipinski definition) is 6. The maximum absolute atomic E-state index is 12.4. The van der Waals surface area contributed by atoms with Crippen LogP contribution in [-0.2, 0) is 0 Å². The Morgan fingerprint density at radius 3 is 2.96 bits per heavy atom. The second kappa shape index (κ2) is 5.51. The van der Waals surface area contributed by atoms with Crippen LogP contribution in [0.2, 0.25) is 0 Å². The van der Waals surface area contributed by atoms with E-state index in [1.807, 2.05) is 5.38 Å². The highest BCUT2D eigenvalue weighted by Crippen LogP contribution is 2.22. The molecule has 7 heteroatoms. The molecule has 2 aromatic heterocycles. The van der Waals surface area contributed by atoms with Crippen molar-refractivity contribution in [2.45, 2.75) is 6.10 Å². The van der Waals surface area contributed by atoms with Crippen LogP contribution in [0, 0.1) is 0 Å². The summed E-state index contributed by atoms with van der Waals surface area (Å²) in [6, 6.07) is 8.13. The first-order valence-corrected chi connectivity index (χ1v) is 7.97. The molecule has 0 spiro atoms. The third-order valence-electron chi connectivity index (χ3n) is 3.66. The van der Waals surface area contributed by atoms with Gasteiger partial charge in [0.2, 0.25) is 0 Å². The molecule has 1 fully saturated rings. The van der Waals surface area contributed by atoms with E-state index in [0.29, 0.717) is 29.3 Å². The Hall–Kier alpha value is -2.67. The van der Waals surface area contributed by atoms with E-state index < -0.39 is 0 Å². The lowest BCUT2D eigenvalue weighted by Gasteiger charge is -2.37. The van der Waals surface area contributed by atoms with E-state index in [-0.39, 0.29) is 23.2 Å². The molecule has 3 heterocycles. The average Bonchev–Trinajstić information content (AvgIpc) is 3.03. The number of nitrogens with zero attached hydrogens (tertiary/aromatic N) is 2. The minimum atomic E-state index is -0.299. The number of aromatic nitrogens is 1. The Labute approximate surface area is 134 Å². The summed E-state index contributed by atoms with van der Waals surface area (Å²) in [5.41, 5.74) is 0.200. The van der Waals surface area contributed by atoms with Gasteiger partial charge in [-0.15, -0.1) is 0 Å². The standard InChI is InChI=1S/C16H12N2O4S/c19-12-7-14(22-13-4-2-1-3-11(12)13)15(20)18-8-10(9-18)21-16-17-5-6-23-16/h1-7,10H,8-9H2. The van der Waals surface area contributed by atoms with Gasteiger partial charge in [0.15, 0.2) is 11.2 Å². The molecule has 1 saturated heterocycles. The Morgan fingerprint density at radius 1 is 1.35 bits per heavy atom. The molecule has 1 aromatic carbocycles. The Bertz CT molecular complexity index is 913. The van der Waals surface area contributed by atoms with E-state index in [4.69, 9.17) is 9.15 Å². The van der Waals surface area contributed by atoms with Gasteiger partial charge in [0.1, 0.15) is 11.7 Å². The van der Waals surface area contributed by atoms with Crippen LogP contribution in [0.15, 0.2) is 51.1 Å². The maximum atomic E-state index is 12.4. The van der Waals surface area contributed by atoms with E-state index >= 15 is 0 Å². The van der Waals surface area contributed by atoms with Crippen molar-refractivity contribution in [1.29, 1.82) is 0 Å². The van der Waals surface area contributed by atoms with Gasteiger partial charge < -0.3 is 14.1 Å². The smallest absolute Gasteiger partial charge is 0.289 e. The summed E-state index contributed by atoms with van der Waals surface area (Å²) in [4.78, 5) is 30.1. The SMILES string of the molecule is O=C(c1cc(=O)c2ccccc2o1)N1CC(Oc2nccs2)C1. The fourth-order valence-corrected chi connectivity index (χ4v) is 3.01. The van der Waals surface area contributed by atoms with Gasteiger partial charge in [-0.1, -0.05) is 23.5 Å². The molecule has 0 bridgehead atoms. The molecule has 3 aromatic rings. The number of para-hydroxylation sites is 1. The van der Waals surface area contributed by atoms with Crippen molar-refractivity contribution in [2.24, 2.45) is 0 Å². The molecule has 4 rings (SSSR count). The van der Waals surface area contributed by atoms with Crippen LogP contribution in [0.25, 0.3) is 11.0 Å². The third-order valence-corrected chi connectivity index (χ3v) is 4.32. The molecule has 1 amide bonds. The lowest BCUT2D eigenvalue weighted by Crippen LogP contribution is -2.56. The highest BCUT2D eigenvalue weighted by molar-refractivity contribution is 7.11. The number of fused-ring (bicyclic) bond motifs is 1. The molecule has 0 radical (unpaired) electrons. The normalized spacial score (nSPS) is 14.7. The molecule has 0 atom stereocenters. The first kappa shape index (κ1) is 14.0. The van der Waals surface area contributed by atoms with Crippen LogP contribution in [0.5, 0.6) is 5.19 Å².